The average Bonchev–Trinajstić information content (AvgIpc) is 2.45. The van der Waals surface area contributed by atoms with Crippen molar-refractivity contribution in [1.29, 1.82) is 0 Å². The van der Waals surface area contributed by atoms with Crippen LogP contribution in [0.2, 0.25) is 0 Å². The van der Waals surface area contributed by atoms with E-state index in [4.69, 9.17) is 0 Å². The van der Waals surface area contributed by atoms with Crippen molar-refractivity contribution in [2.24, 2.45) is 11.3 Å². The SMILES string of the molecule is CCNCC1CCC(C)(C)CC1c1ccc(CC)cc1. The van der Waals surface area contributed by atoms with E-state index in [-0.39, 0.29) is 0 Å². The fraction of sp³-hybridized carbons (Fsp3) is 0.684. The van der Waals surface area contributed by atoms with Gasteiger partial charge in [-0.3, -0.25) is 0 Å². The summed E-state index contributed by atoms with van der Waals surface area (Å²) in [5, 5.41) is 3.57. The zero-order valence-corrected chi connectivity index (χ0v) is 13.7. The van der Waals surface area contributed by atoms with Crippen LogP contribution in [0.15, 0.2) is 24.3 Å². The monoisotopic (exact) mass is 273 g/mol. The molecule has 1 aromatic rings. The normalized spacial score (nSPS) is 25.6. The number of hydrogen-bond donors (Lipinski definition) is 1. The first-order chi connectivity index (χ1) is 9.55. The lowest BCUT2D eigenvalue weighted by Crippen LogP contribution is -2.34. The Labute approximate surface area is 125 Å². The number of nitrogens with one attached hydrogen (secondary N) is 1. The second-order valence-electron chi connectivity index (χ2n) is 7.18. The minimum atomic E-state index is 0.497. The Morgan fingerprint density at radius 3 is 2.45 bits per heavy atom. The highest BCUT2D eigenvalue weighted by Crippen LogP contribution is 2.46. The maximum absolute atomic E-state index is 3.57. The fourth-order valence-corrected chi connectivity index (χ4v) is 3.61. The van der Waals surface area contributed by atoms with Crippen molar-refractivity contribution in [3.63, 3.8) is 0 Å². The minimum absolute atomic E-state index is 0.497. The van der Waals surface area contributed by atoms with E-state index in [1.807, 2.05) is 0 Å². The average molecular weight is 273 g/mol. The van der Waals surface area contributed by atoms with Gasteiger partial charge in [0.25, 0.3) is 0 Å². The largest absolute Gasteiger partial charge is 0.317 e. The lowest BCUT2D eigenvalue weighted by molar-refractivity contribution is 0.160. The van der Waals surface area contributed by atoms with E-state index >= 15 is 0 Å². The van der Waals surface area contributed by atoms with Crippen LogP contribution in [0.25, 0.3) is 0 Å². The third-order valence-corrected chi connectivity index (χ3v) is 5.01. The molecule has 1 aliphatic carbocycles. The topological polar surface area (TPSA) is 12.0 Å². The Morgan fingerprint density at radius 2 is 1.85 bits per heavy atom. The molecular weight excluding hydrogens is 242 g/mol. The zero-order valence-electron chi connectivity index (χ0n) is 13.7. The van der Waals surface area contributed by atoms with Crippen molar-refractivity contribution in [1.82, 2.24) is 5.32 Å². The number of aryl methyl sites for hydroxylation is 1. The fourth-order valence-electron chi connectivity index (χ4n) is 3.61. The van der Waals surface area contributed by atoms with E-state index in [9.17, 15) is 0 Å². The molecule has 1 aliphatic rings. The van der Waals surface area contributed by atoms with E-state index in [0.29, 0.717) is 5.41 Å². The van der Waals surface area contributed by atoms with Crippen LogP contribution >= 0.6 is 0 Å². The molecule has 1 heteroatoms. The Kier molecular flexibility index (Phi) is 5.26. The van der Waals surface area contributed by atoms with Crippen molar-refractivity contribution in [3.05, 3.63) is 35.4 Å². The highest BCUT2D eigenvalue weighted by atomic mass is 14.8. The third-order valence-electron chi connectivity index (χ3n) is 5.01. The van der Waals surface area contributed by atoms with E-state index in [2.05, 4.69) is 57.3 Å². The summed E-state index contributed by atoms with van der Waals surface area (Å²) in [6.07, 6.45) is 5.19. The van der Waals surface area contributed by atoms with Crippen LogP contribution in [0, 0.1) is 11.3 Å². The lowest BCUT2D eigenvalue weighted by atomic mass is 9.65. The first-order valence-corrected chi connectivity index (χ1v) is 8.35. The summed E-state index contributed by atoms with van der Waals surface area (Å²) in [6.45, 7) is 11.6. The number of hydrogen-bond acceptors (Lipinski definition) is 1. The standard InChI is InChI=1S/C19H31N/c1-5-15-7-9-16(10-8-15)18-13-19(3,4)12-11-17(18)14-20-6-2/h7-10,17-18,20H,5-6,11-14H2,1-4H3. The second-order valence-corrected chi connectivity index (χ2v) is 7.18. The van der Waals surface area contributed by atoms with E-state index in [0.717, 1.165) is 24.8 Å². The van der Waals surface area contributed by atoms with Gasteiger partial charge in [-0.1, -0.05) is 52.0 Å². The molecule has 1 N–H and O–H groups in total. The summed E-state index contributed by atoms with van der Waals surface area (Å²) in [5.74, 6) is 1.53. The van der Waals surface area contributed by atoms with Gasteiger partial charge >= 0.3 is 0 Å². The molecule has 0 aromatic heterocycles. The smallest absolute Gasteiger partial charge is 0.00148 e. The van der Waals surface area contributed by atoms with Gasteiger partial charge in [0.1, 0.15) is 0 Å². The van der Waals surface area contributed by atoms with Gasteiger partial charge in [0, 0.05) is 0 Å². The highest BCUT2D eigenvalue weighted by molar-refractivity contribution is 5.27. The summed E-state index contributed by atoms with van der Waals surface area (Å²) in [4.78, 5) is 0. The molecule has 0 radical (unpaired) electrons. The van der Waals surface area contributed by atoms with Crippen LogP contribution in [0.5, 0.6) is 0 Å². The molecule has 2 rings (SSSR count). The molecule has 0 saturated heterocycles. The molecule has 2 unspecified atom stereocenters. The summed E-state index contributed by atoms with van der Waals surface area (Å²) < 4.78 is 0. The van der Waals surface area contributed by atoms with Gasteiger partial charge in [0.2, 0.25) is 0 Å². The number of rotatable bonds is 5. The van der Waals surface area contributed by atoms with Gasteiger partial charge in [-0.2, -0.15) is 0 Å². The van der Waals surface area contributed by atoms with Crippen molar-refractivity contribution >= 4 is 0 Å². The Balaban J connectivity index is 2.16. The molecule has 0 amide bonds. The molecule has 0 aliphatic heterocycles. The molecule has 2 atom stereocenters. The molecule has 1 saturated carbocycles. The molecule has 20 heavy (non-hydrogen) atoms. The van der Waals surface area contributed by atoms with E-state index in [1.165, 1.54) is 31.4 Å². The predicted molar refractivity (Wildman–Crippen MR) is 88.2 cm³/mol. The summed E-state index contributed by atoms with van der Waals surface area (Å²) in [7, 11) is 0. The van der Waals surface area contributed by atoms with Crippen LogP contribution < -0.4 is 5.32 Å². The van der Waals surface area contributed by atoms with Crippen LogP contribution in [0.1, 0.15) is 64.0 Å². The Bertz CT molecular complexity index is 404. The van der Waals surface area contributed by atoms with Gasteiger partial charge in [-0.05, 0) is 67.2 Å². The maximum atomic E-state index is 3.57. The molecule has 1 aromatic carbocycles. The first-order valence-electron chi connectivity index (χ1n) is 8.35. The Morgan fingerprint density at radius 1 is 1.15 bits per heavy atom. The van der Waals surface area contributed by atoms with Crippen molar-refractivity contribution in [2.45, 2.75) is 59.3 Å². The molecule has 0 heterocycles. The molecule has 0 bridgehead atoms. The van der Waals surface area contributed by atoms with Gasteiger partial charge in [-0.15, -0.1) is 0 Å². The van der Waals surface area contributed by atoms with Crippen molar-refractivity contribution < 1.29 is 0 Å². The van der Waals surface area contributed by atoms with Gasteiger partial charge < -0.3 is 5.32 Å². The van der Waals surface area contributed by atoms with E-state index in [1.54, 1.807) is 5.56 Å². The molecule has 1 nitrogen and oxygen atoms in total. The quantitative estimate of drug-likeness (QED) is 0.815. The second kappa shape index (κ2) is 6.76. The van der Waals surface area contributed by atoms with Gasteiger partial charge in [0.05, 0.1) is 0 Å². The van der Waals surface area contributed by atoms with Crippen LogP contribution in [0.3, 0.4) is 0 Å². The highest BCUT2D eigenvalue weighted by Gasteiger charge is 2.35. The Hall–Kier alpha value is -0.820. The minimum Gasteiger partial charge on any atom is -0.317 e. The molecule has 112 valence electrons. The number of benzene rings is 1. The van der Waals surface area contributed by atoms with Gasteiger partial charge in [0.15, 0.2) is 0 Å². The molecule has 1 fully saturated rings. The van der Waals surface area contributed by atoms with Gasteiger partial charge in [-0.25, -0.2) is 0 Å². The summed E-state index contributed by atoms with van der Waals surface area (Å²) >= 11 is 0. The maximum Gasteiger partial charge on any atom is -0.00148 e. The van der Waals surface area contributed by atoms with Crippen molar-refractivity contribution in [3.8, 4) is 0 Å². The summed E-state index contributed by atoms with van der Waals surface area (Å²) in [5.41, 5.74) is 3.50. The van der Waals surface area contributed by atoms with Crippen LogP contribution in [-0.4, -0.2) is 13.1 Å². The molecule has 0 spiro atoms. The zero-order chi connectivity index (χ0) is 14.6. The first kappa shape index (κ1) is 15.6. The summed E-state index contributed by atoms with van der Waals surface area (Å²) in [6, 6.07) is 9.40. The van der Waals surface area contributed by atoms with E-state index < -0.39 is 0 Å². The third kappa shape index (κ3) is 3.85. The van der Waals surface area contributed by atoms with Crippen LogP contribution in [0.4, 0.5) is 0 Å². The molecular formula is C19H31N. The van der Waals surface area contributed by atoms with Crippen LogP contribution in [-0.2, 0) is 6.42 Å². The van der Waals surface area contributed by atoms with Crippen molar-refractivity contribution in [2.75, 3.05) is 13.1 Å². The lowest BCUT2D eigenvalue weighted by Gasteiger charge is -2.41. The predicted octanol–water partition coefficient (Wildman–Crippen LogP) is 4.77.